The van der Waals surface area contributed by atoms with Crippen LogP contribution >= 0.6 is 11.6 Å². The first-order valence-corrected chi connectivity index (χ1v) is 6.07. The molecule has 18 heavy (non-hydrogen) atoms. The fourth-order valence-corrected chi connectivity index (χ4v) is 2.61. The molecule has 0 aliphatic carbocycles. The molecule has 2 nitrogen and oxygen atoms in total. The summed E-state index contributed by atoms with van der Waals surface area (Å²) >= 11 is 5.82. The molecule has 4 rings (SSSR count). The van der Waals surface area contributed by atoms with Crippen molar-refractivity contribution in [3.8, 4) is 0 Å². The Balaban J connectivity index is 2.30. The number of aromatic nitrogens is 1. The van der Waals surface area contributed by atoms with Crippen molar-refractivity contribution in [2.45, 2.75) is 0 Å². The largest absolute Gasteiger partial charge is 0.427 e. The predicted octanol–water partition coefficient (Wildman–Crippen LogP) is 4.79. The van der Waals surface area contributed by atoms with Crippen molar-refractivity contribution in [1.29, 1.82) is 0 Å². The lowest BCUT2D eigenvalue weighted by Gasteiger charge is -2.03. The van der Waals surface area contributed by atoms with Crippen molar-refractivity contribution in [3.05, 3.63) is 53.9 Å². The molecule has 0 saturated heterocycles. The number of benzene rings is 3. The Morgan fingerprint density at radius 3 is 2.61 bits per heavy atom. The van der Waals surface area contributed by atoms with Gasteiger partial charge in [0.2, 0.25) is 0 Å². The Morgan fingerprint density at radius 1 is 0.833 bits per heavy atom. The van der Waals surface area contributed by atoms with Crippen LogP contribution in [0.1, 0.15) is 0 Å². The third-order valence-corrected chi connectivity index (χ3v) is 3.41. The molecule has 0 saturated carbocycles. The van der Waals surface area contributed by atoms with Gasteiger partial charge in [0, 0.05) is 5.39 Å². The van der Waals surface area contributed by atoms with E-state index >= 15 is 0 Å². The molecule has 86 valence electrons. The Labute approximate surface area is 108 Å². The average Bonchev–Trinajstić information content (AvgIpc) is 2.79. The SMILES string of the molecule is Clc1nc2ccc3c4ccccc4ccc3c2o1. The zero-order valence-corrected chi connectivity index (χ0v) is 10.1. The van der Waals surface area contributed by atoms with Gasteiger partial charge in [0.1, 0.15) is 5.52 Å². The van der Waals surface area contributed by atoms with Crippen molar-refractivity contribution in [2.75, 3.05) is 0 Å². The number of hydrogen-bond acceptors (Lipinski definition) is 2. The first kappa shape index (κ1) is 9.92. The Hall–Kier alpha value is -2.06. The third-order valence-electron chi connectivity index (χ3n) is 3.25. The van der Waals surface area contributed by atoms with E-state index in [0.717, 1.165) is 21.9 Å². The number of rotatable bonds is 0. The van der Waals surface area contributed by atoms with Crippen molar-refractivity contribution < 1.29 is 4.42 Å². The maximum absolute atomic E-state index is 5.82. The zero-order valence-electron chi connectivity index (χ0n) is 9.35. The van der Waals surface area contributed by atoms with Gasteiger partial charge < -0.3 is 4.42 Å². The van der Waals surface area contributed by atoms with Gasteiger partial charge in [-0.3, -0.25) is 0 Å². The highest BCUT2D eigenvalue weighted by atomic mass is 35.5. The highest BCUT2D eigenvalue weighted by Gasteiger charge is 2.09. The Kier molecular flexibility index (Phi) is 1.91. The second kappa shape index (κ2) is 3.47. The van der Waals surface area contributed by atoms with Gasteiger partial charge in [0.05, 0.1) is 0 Å². The summed E-state index contributed by atoms with van der Waals surface area (Å²) in [5, 5.41) is 4.82. The topological polar surface area (TPSA) is 26.0 Å². The van der Waals surface area contributed by atoms with Crippen LogP contribution in [-0.2, 0) is 0 Å². The van der Waals surface area contributed by atoms with Gasteiger partial charge in [-0.15, -0.1) is 0 Å². The first-order chi connectivity index (χ1) is 8.83. The van der Waals surface area contributed by atoms with E-state index in [1.807, 2.05) is 18.2 Å². The van der Waals surface area contributed by atoms with Gasteiger partial charge >= 0.3 is 0 Å². The van der Waals surface area contributed by atoms with Crippen LogP contribution in [0.5, 0.6) is 0 Å². The molecular weight excluding hydrogens is 246 g/mol. The van der Waals surface area contributed by atoms with Crippen LogP contribution in [0.4, 0.5) is 0 Å². The van der Waals surface area contributed by atoms with Gasteiger partial charge in [0.15, 0.2) is 5.58 Å². The molecule has 3 heteroatoms. The molecule has 0 N–H and O–H groups in total. The lowest BCUT2D eigenvalue weighted by Crippen LogP contribution is -1.78. The molecule has 0 atom stereocenters. The van der Waals surface area contributed by atoms with E-state index in [9.17, 15) is 0 Å². The number of hydrogen-bond donors (Lipinski definition) is 0. The van der Waals surface area contributed by atoms with Crippen LogP contribution in [0.25, 0.3) is 32.6 Å². The van der Waals surface area contributed by atoms with Gasteiger partial charge in [-0.2, -0.15) is 4.98 Å². The highest BCUT2D eigenvalue weighted by molar-refractivity contribution is 6.28. The summed E-state index contributed by atoms with van der Waals surface area (Å²) < 4.78 is 5.48. The van der Waals surface area contributed by atoms with E-state index in [1.54, 1.807) is 0 Å². The summed E-state index contributed by atoms with van der Waals surface area (Å²) in [7, 11) is 0. The number of halogens is 1. The Morgan fingerprint density at radius 2 is 1.67 bits per heavy atom. The molecule has 1 heterocycles. The van der Waals surface area contributed by atoms with E-state index < -0.39 is 0 Å². The zero-order chi connectivity index (χ0) is 12.1. The Bertz CT molecular complexity index is 895. The number of oxazole rings is 1. The number of fused-ring (bicyclic) bond motifs is 5. The van der Waals surface area contributed by atoms with Crippen LogP contribution in [0.3, 0.4) is 0 Å². The van der Waals surface area contributed by atoms with E-state index in [0.29, 0.717) is 0 Å². The fourth-order valence-electron chi connectivity index (χ4n) is 2.45. The molecular formula is C15H8ClNO. The molecule has 0 fully saturated rings. The van der Waals surface area contributed by atoms with Crippen LogP contribution in [0.2, 0.25) is 5.35 Å². The van der Waals surface area contributed by atoms with Gasteiger partial charge in [0.25, 0.3) is 5.35 Å². The summed E-state index contributed by atoms with van der Waals surface area (Å²) in [6.07, 6.45) is 0. The van der Waals surface area contributed by atoms with Gasteiger partial charge in [-0.05, 0) is 39.9 Å². The van der Waals surface area contributed by atoms with Gasteiger partial charge in [-0.1, -0.05) is 36.4 Å². The quantitative estimate of drug-likeness (QED) is 0.421. The molecule has 0 bridgehead atoms. The minimum absolute atomic E-state index is 0.186. The van der Waals surface area contributed by atoms with Crippen molar-refractivity contribution in [3.63, 3.8) is 0 Å². The molecule has 0 amide bonds. The smallest absolute Gasteiger partial charge is 0.293 e. The summed E-state index contributed by atoms with van der Waals surface area (Å²) in [6, 6.07) is 16.5. The molecule has 0 radical (unpaired) electrons. The average molecular weight is 254 g/mol. The summed E-state index contributed by atoms with van der Waals surface area (Å²) in [4.78, 5) is 4.14. The second-order valence-corrected chi connectivity index (χ2v) is 4.59. The third kappa shape index (κ3) is 1.27. The monoisotopic (exact) mass is 253 g/mol. The molecule has 0 spiro atoms. The van der Waals surface area contributed by atoms with Crippen LogP contribution in [-0.4, -0.2) is 4.98 Å². The summed E-state index contributed by atoms with van der Waals surface area (Å²) in [5.74, 6) is 0. The first-order valence-electron chi connectivity index (χ1n) is 5.69. The van der Waals surface area contributed by atoms with Crippen LogP contribution < -0.4 is 0 Å². The molecule has 0 unspecified atom stereocenters. The van der Waals surface area contributed by atoms with Crippen molar-refractivity contribution in [1.82, 2.24) is 4.98 Å². The normalized spacial score (nSPS) is 11.6. The van der Waals surface area contributed by atoms with Crippen LogP contribution in [0.15, 0.2) is 52.9 Å². The summed E-state index contributed by atoms with van der Waals surface area (Å²) in [5.41, 5.74) is 1.55. The van der Waals surface area contributed by atoms with E-state index in [-0.39, 0.29) is 5.35 Å². The molecule has 4 aromatic rings. The molecule has 3 aromatic carbocycles. The van der Waals surface area contributed by atoms with Crippen molar-refractivity contribution >= 4 is 44.2 Å². The second-order valence-electron chi connectivity index (χ2n) is 4.26. The van der Waals surface area contributed by atoms with Crippen molar-refractivity contribution in [2.24, 2.45) is 0 Å². The van der Waals surface area contributed by atoms with Crippen LogP contribution in [0, 0.1) is 0 Å². The van der Waals surface area contributed by atoms with E-state index in [4.69, 9.17) is 16.0 Å². The lowest BCUT2D eigenvalue weighted by molar-refractivity contribution is 0.607. The van der Waals surface area contributed by atoms with E-state index in [2.05, 4.69) is 35.3 Å². The minimum Gasteiger partial charge on any atom is -0.427 e. The van der Waals surface area contributed by atoms with E-state index in [1.165, 1.54) is 10.8 Å². The maximum Gasteiger partial charge on any atom is 0.293 e. The predicted molar refractivity (Wildman–Crippen MR) is 74.0 cm³/mol. The van der Waals surface area contributed by atoms with Gasteiger partial charge in [-0.25, -0.2) is 0 Å². The maximum atomic E-state index is 5.82. The fraction of sp³-hybridized carbons (Fsp3) is 0. The standard InChI is InChI=1S/C15H8ClNO/c16-15-17-13-8-7-11-10-4-2-1-3-9(10)5-6-12(11)14(13)18-15/h1-8H. The molecule has 0 aliphatic rings. The molecule has 1 aromatic heterocycles. The summed E-state index contributed by atoms with van der Waals surface area (Å²) in [6.45, 7) is 0. The molecule has 0 aliphatic heterocycles. The lowest BCUT2D eigenvalue weighted by atomic mass is 10.0. The highest BCUT2D eigenvalue weighted by Crippen LogP contribution is 2.32. The minimum atomic E-state index is 0.186. The number of nitrogens with zero attached hydrogens (tertiary/aromatic N) is 1.